The maximum atomic E-state index is 14.2. The van der Waals surface area contributed by atoms with Crippen LogP contribution in [0.1, 0.15) is 47.9 Å². The van der Waals surface area contributed by atoms with Crippen LogP contribution in [0.25, 0.3) is 0 Å². The van der Waals surface area contributed by atoms with Gasteiger partial charge in [0.2, 0.25) is 21.8 Å². The summed E-state index contributed by atoms with van der Waals surface area (Å²) in [5.74, 6) is -0.644. The molecule has 0 spiro atoms. The first kappa shape index (κ1) is 29.3. The number of carbonyl (C=O) groups is 2. The summed E-state index contributed by atoms with van der Waals surface area (Å²) in [6, 6.07) is 23.8. The third-order valence-corrected chi connectivity index (χ3v) is 8.52. The first-order valence-electron chi connectivity index (χ1n) is 13.8. The zero-order chi connectivity index (χ0) is 28.7. The van der Waals surface area contributed by atoms with Gasteiger partial charge in [0.25, 0.3) is 0 Å². The number of sulfonamides is 1. The number of hydrogen-bond acceptors (Lipinski definition) is 4. The molecule has 0 bridgehead atoms. The summed E-state index contributed by atoms with van der Waals surface area (Å²) in [5.41, 5.74) is 4.14. The number of carbonyl (C=O) groups excluding carboxylic acids is 2. The molecule has 1 aliphatic carbocycles. The normalized spacial score (nSPS) is 14.5. The van der Waals surface area contributed by atoms with Gasteiger partial charge in [-0.25, -0.2) is 8.42 Å². The van der Waals surface area contributed by atoms with E-state index in [9.17, 15) is 18.0 Å². The number of nitrogens with one attached hydrogen (secondary N) is 1. The molecule has 212 valence electrons. The highest BCUT2D eigenvalue weighted by molar-refractivity contribution is 7.92. The highest BCUT2D eigenvalue weighted by Crippen LogP contribution is 2.23. The molecule has 1 N–H and O–H groups in total. The van der Waals surface area contributed by atoms with Crippen molar-refractivity contribution in [2.75, 3.05) is 17.1 Å². The summed E-state index contributed by atoms with van der Waals surface area (Å²) < 4.78 is 26.9. The minimum Gasteiger partial charge on any atom is -0.352 e. The fourth-order valence-corrected chi connectivity index (χ4v) is 6.17. The second-order valence-corrected chi connectivity index (χ2v) is 12.7. The van der Waals surface area contributed by atoms with Gasteiger partial charge in [-0.05, 0) is 55.5 Å². The minimum absolute atomic E-state index is 0.0847. The topological polar surface area (TPSA) is 86.8 Å². The lowest BCUT2D eigenvalue weighted by atomic mass is 10.0. The minimum atomic E-state index is -3.78. The molecule has 1 atom stereocenters. The van der Waals surface area contributed by atoms with E-state index in [-0.39, 0.29) is 18.5 Å². The lowest BCUT2D eigenvalue weighted by Crippen LogP contribution is -2.54. The molecule has 8 heteroatoms. The van der Waals surface area contributed by atoms with E-state index in [0.717, 1.165) is 58.5 Å². The molecule has 0 aromatic heterocycles. The quantitative estimate of drug-likeness (QED) is 0.366. The maximum Gasteiger partial charge on any atom is 0.244 e. The van der Waals surface area contributed by atoms with Crippen LogP contribution < -0.4 is 9.62 Å². The Balaban J connectivity index is 1.72. The summed E-state index contributed by atoms with van der Waals surface area (Å²) in [4.78, 5) is 29.6. The third kappa shape index (κ3) is 7.94. The van der Waals surface area contributed by atoms with E-state index in [4.69, 9.17) is 0 Å². The van der Waals surface area contributed by atoms with E-state index in [1.165, 1.54) is 0 Å². The van der Waals surface area contributed by atoms with Gasteiger partial charge in [0.15, 0.2) is 0 Å². The van der Waals surface area contributed by atoms with Crippen LogP contribution in [0.3, 0.4) is 0 Å². The molecule has 1 unspecified atom stereocenters. The highest BCUT2D eigenvalue weighted by Gasteiger charge is 2.34. The van der Waals surface area contributed by atoms with Crippen molar-refractivity contribution in [2.45, 2.75) is 64.6 Å². The molecule has 3 aromatic rings. The highest BCUT2D eigenvalue weighted by atomic mass is 32.2. The molecule has 7 nitrogen and oxygen atoms in total. The Morgan fingerprint density at radius 2 is 1.50 bits per heavy atom. The summed E-state index contributed by atoms with van der Waals surface area (Å²) in [7, 11) is -3.78. The van der Waals surface area contributed by atoms with Crippen molar-refractivity contribution in [1.82, 2.24) is 10.2 Å². The lowest BCUT2D eigenvalue weighted by Gasteiger charge is -2.34. The van der Waals surface area contributed by atoms with Gasteiger partial charge in [0.05, 0.1) is 11.9 Å². The van der Waals surface area contributed by atoms with Gasteiger partial charge in [0, 0.05) is 19.0 Å². The standard InChI is InChI=1S/C32H39N3O4S/c1-24-11-9-15-27(19-24)22-34(31(36)23-35(40(3,38)39)29-18-10-12-25(2)20-29)30(21-26-13-5-4-6-14-26)32(37)33-28-16-7-8-17-28/h4-6,9-15,18-20,28,30H,7-8,16-17,21-23H2,1-3H3,(H,33,37). The van der Waals surface area contributed by atoms with Crippen molar-refractivity contribution < 1.29 is 18.0 Å². The van der Waals surface area contributed by atoms with Crippen LogP contribution in [-0.2, 0) is 32.6 Å². The number of amides is 2. The Bertz CT molecular complexity index is 1420. The molecule has 4 rings (SSSR count). The molecular formula is C32H39N3O4S. The van der Waals surface area contributed by atoms with E-state index in [0.29, 0.717) is 12.1 Å². The van der Waals surface area contributed by atoms with Crippen molar-refractivity contribution in [1.29, 1.82) is 0 Å². The van der Waals surface area contributed by atoms with Crippen LogP contribution in [0.4, 0.5) is 5.69 Å². The smallest absolute Gasteiger partial charge is 0.244 e. The predicted molar refractivity (Wildman–Crippen MR) is 159 cm³/mol. The van der Waals surface area contributed by atoms with Gasteiger partial charge in [-0.3, -0.25) is 13.9 Å². The lowest BCUT2D eigenvalue weighted by molar-refractivity contribution is -0.140. The van der Waals surface area contributed by atoms with Crippen LogP contribution in [0.2, 0.25) is 0 Å². The first-order valence-corrected chi connectivity index (χ1v) is 15.7. The Hall–Kier alpha value is -3.65. The number of hydrogen-bond donors (Lipinski definition) is 1. The Labute approximate surface area is 238 Å². The van der Waals surface area contributed by atoms with E-state index in [1.54, 1.807) is 23.1 Å². The summed E-state index contributed by atoms with van der Waals surface area (Å²) >= 11 is 0. The zero-order valence-corrected chi connectivity index (χ0v) is 24.4. The molecular weight excluding hydrogens is 522 g/mol. The predicted octanol–water partition coefficient (Wildman–Crippen LogP) is 4.77. The summed E-state index contributed by atoms with van der Waals surface area (Å²) in [5, 5.41) is 3.19. The maximum absolute atomic E-state index is 14.2. The molecule has 1 aliphatic rings. The summed E-state index contributed by atoms with van der Waals surface area (Å²) in [6.07, 6.45) is 5.40. The second kappa shape index (κ2) is 13.1. The molecule has 0 heterocycles. The van der Waals surface area contributed by atoms with Crippen molar-refractivity contribution >= 4 is 27.5 Å². The first-order chi connectivity index (χ1) is 19.1. The van der Waals surface area contributed by atoms with Gasteiger partial charge >= 0.3 is 0 Å². The molecule has 1 fully saturated rings. The fourth-order valence-electron chi connectivity index (χ4n) is 5.33. The van der Waals surface area contributed by atoms with E-state index in [2.05, 4.69) is 5.32 Å². The molecule has 0 radical (unpaired) electrons. The van der Waals surface area contributed by atoms with Crippen LogP contribution in [0.15, 0.2) is 78.9 Å². The van der Waals surface area contributed by atoms with Crippen molar-refractivity contribution in [3.63, 3.8) is 0 Å². The van der Waals surface area contributed by atoms with Gasteiger partial charge in [-0.1, -0.05) is 85.1 Å². The Kier molecular flexibility index (Phi) is 9.63. The monoisotopic (exact) mass is 561 g/mol. The number of rotatable bonds is 11. The number of nitrogens with zero attached hydrogens (tertiary/aromatic N) is 2. The fraction of sp³-hybridized carbons (Fsp3) is 0.375. The van der Waals surface area contributed by atoms with Gasteiger partial charge in [0.1, 0.15) is 12.6 Å². The van der Waals surface area contributed by atoms with E-state index in [1.807, 2.05) is 74.5 Å². The average molecular weight is 562 g/mol. The van der Waals surface area contributed by atoms with E-state index >= 15 is 0 Å². The van der Waals surface area contributed by atoms with Gasteiger partial charge in [-0.2, -0.15) is 0 Å². The van der Waals surface area contributed by atoms with Crippen molar-refractivity contribution in [3.8, 4) is 0 Å². The van der Waals surface area contributed by atoms with Crippen LogP contribution >= 0.6 is 0 Å². The van der Waals surface area contributed by atoms with Crippen LogP contribution in [0, 0.1) is 13.8 Å². The number of aryl methyl sites for hydroxylation is 2. The summed E-state index contributed by atoms with van der Waals surface area (Å²) in [6.45, 7) is 3.63. The number of benzene rings is 3. The molecule has 2 amide bonds. The molecule has 0 aliphatic heterocycles. The number of anilines is 1. The SMILES string of the molecule is Cc1cccc(CN(C(=O)CN(c2cccc(C)c2)S(C)(=O)=O)C(Cc2ccccc2)C(=O)NC2CCCC2)c1. The largest absolute Gasteiger partial charge is 0.352 e. The van der Waals surface area contributed by atoms with Crippen LogP contribution in [0.5, 0.6) is 0 Å². The van der Waals surface area contributed by atoms with Gasteiger partial charge in [-0.15, -0.1) is 0 Å². The molecule has 40 heavy (non-hydrogen) atoms. The second-order valence-electron chi connectivity index (χ2n) is 10.8. The van der Waals surface area contributed by atoms with Crippen molar-refractivity contribution in [3.05, 3.63) is 101 Å². The van der Waals surface area contributed by atoms with Crippen molar-refractivity contribution in [2.24, 2.45) is 0 Å². The molecule has 3 aromatic carbocycles. The van der Waals surface area contributed by atoms with Gasteiger partial charge < -0.3 is 10.2 Å². The Morgan fingerprint density at radius 3 is 2.12 bits per heavy atom. The average Bonchev–Trinajstić information content (AvgIpc) is 3.42. The van der Waals surface area contributed by atoms with E-state index < -0.39 is 28.5 Å². The third-order valence-electron chi connectivity index (χ3n) is 7.38. The molecule has 1 saturated carbocycles. The Morgan fingerprint density at radius 1 is 0.875 bits per heavy atom. The zero-order valence-electron chi connectivity index (χ0n) is 23.5. The molecule has 0 saturated heterocycles. The van der Waals surface area contributed by atoms with Crippen LogP contribution in [-0.4, -0.2) is 50.0 Å².